The summed E-state index contributed by atoms with van der Waals surface area (Å²) in [5.41, 5.74) is 3.65. The standard InChI is InChI=1S/C14H16N2O4/c1-3-20-14(18)12-10(9-7-5-4-6-8-9)11(15-16-12)13(17)19-2/h4-8,10-11,15H,3H2,1-2H3/t10-,11-/m0/s1. The third kappa shape index (κ3) is 2.64. The Morgan fingerprint density at radius 3 is 2.60 bits per heavy atom. The molecule has 1 N–H and O–H groups in total. The van der Waals surface area contributed by atoms with Crippen LogP contribution in [0.3, 0.4) is 0 Å². The topological polar surface area (TPSA) is 77.0 Å². The molecule has 106 valence electrons. The van der Waals surface area contributed by atoms with Crippen LogP contribution < -0.4 is 5.43 Å². The summed E-state index contributed by atoms with van der Waals surface area (Å²) in [4.78, 5) is 23.8. The molecule has 0 aromatic heterocycles. The van der Waals surface area contributed by atoms with Crippen LogP contribution in [0.15, 0.2) is 35.4 Å². The van der Waals surface area contributed by atoms with E-state index >= 15 is 0 Å². The molecule has 0 bridgehead atoms. The first-order valence-corrected chi connectivity index (χ1v) is 6.32. The van der Waals surface area contributed by atoms with E-state index in [1.54, 1.807) is 6.92 Å². The number of benzene rings is 1. The summed E-state index contributed by atoms with van der Waals surface area (Å²) in [5, 5.41) is 3.95. The Balaban J connectivity index is 2.33. The Labute approximate surface area is 116 Å². The van der Waals surface area contributed by atoms with E-state index in [0.29, 0.717) is 0 Å². The van der Waals surface area contributed by atoms with Gasteiger partial charge in [-0.15, -0.1) is 0 Å². The first kappa shape index (κ1) is 14.0. The van der Waals surface area contributed by atoms with E-state index in [-0.39, 0.29) is 12.3 Å². The Morgan fingerprint density at radius 2 is 2.00 bits per heavy atom. The Bertz CT molecular complexity index is 527. The number of hydrogen-bond acceptors (Lipinski definition) is 6. The van der Waals surface area contributed by atoms with Crippen molar-refractivity contribution in [2.75, 3.05) is 13.7 Å². The second-order valence-corrected chi connectivity index (χ2v) is 4.24. The van der Waals surface area contributed by atoms with Crippen molar-refractivity contribution >= 4 is 17.7 Å². The van der Waals surface area contributed by atoms with Crippen LogP contribution in [0.1, 0.15) is 18.4 Å². The fourth-order valence-corrected chi connectivity index (χ4v) is 2.15. The molecule has 0 radical (unpaired) electrons. The summed E-state index contributed by atoms with van der Waals surface area (Å²) in [5.74, 6) is -1.51. The molecule has 1 aromatic rings. The third-order valence-corrected chi connectivity index (χ3v) is 3.05. The molecule has 6 nitrogen and oxygen atoms in total. The summed E-state index contributed by atoms with van der Waals surface area (Å²) in [6.45, 7) is 1.97. The van der Waals surface area contributed by atoms with E-state index < -0.39 is 23.9 Å². The number of nitrogens with zero attached hydrogens (tertiary/aromatic N) is 1. The van der Waals surface area contributed by atoms with Gasteiger partial charge >= 0.3 is 11.9 Å². The van der Waals surface area contributed by atoms with Gasteiger partial charge in [0.15, 0.2) is 11.8 Å². The number of carbonyl (C=O) groups excluding carboxylic acids is 2. The van der Waals surface area contributed by atoms with Crippen LogP contribution in [0.25, 0.3) is 0 Å². The molecule has 2 atom stereocenters. The van der Waals surface area contributed by atoms with Crippen LogP contribution >= 0.6 is 0 Å². The molecule has 20 heavy (non-hydrogen) atoms. The smallest absolute Gasteiger partial charge is 0.355 e. The molecule has 1 aliphatic rings. The lowest BCUT2D eigenvalue weighted by atomic mass is 9.88. The van der Waals surface area contributed by atoms with Gasteiger partial charge in [-0.05, 0) is 12.5 Å². The Hall–Kier alpha value is -2.37. The van der Waals surface area contributed by atoms with Gasteiger partial charge in [-0.3, -0.25) is 5.43 Å². The van der Waals surface area contributed by atoms with Crippen LogP contribution in [0.4, 0.5) is 0 Å². The maximum absolute atomic E-state index is 11.9. The lowest BCUT2D eigenvalue weighted by Crippen LogP contribution is -2.38. The molecule has 2 rings (SSSR count). The predicted octanol–water partition coefficient (Wildman–Crippen LogP) is 0.834. The third-order valence-electron chi connectivity index (χ3n) is 3.05. The molecule has 0 amide bonds. The highest BCUT2D eigenvalue weighted by Gasteiger charge is 2.42. The van der Waals surface area contributed by atoms with E-state index in [4.69, 9.17) is 9.47 Å². The van der Waals surface area contributed by atoms with E-state index in [1.807, 2.05) is 30.3 Å². The lowest BCUT2D eigenvalue weighted by molar-refractivity contribution is -0.143. The monoisotopic (exact) mass is 276 g/mol. The van der Waals surface area contributed by atoms with Crippen LogP contribution in [0.2, 0.25) is 0 Å². The second-order valence-electron chi connectivity index (χ2n) is 4.24. The van der Waals surface area contributed by atoms with Crippen molar-refractivity contribution in [3.05, 3.63) is 35.9 Å². The minimum absolute atomic E-state index is 0.188. The number of ether oxygens (including phenoxy) is 2. The van der Waals surface area contributed by atoms with Crippen molar-refractivity contribution < 1.29 is 19.1 Å². The average molecular weight is 276 g/mol. The Morgan fingerprint density at radius 1 is 1.30 bits per heavy atom. The minimum atomic E-state index is -0.721. The fraction of sp³-hybridized carbons (Fsp3) is 0.357. The Kier molecular flexibility index (Phi) is 4.34. The summed E-state index contributed by atoms with van der Waals surface area (Å²) in [6, 6.07) is 8.49. The minimum Gasteiger partial charge on any atom is -0.467 e. The van der Waals surface area contributed by atoms with Crippen molar-refractivity contribution in [2.24, 2.45) is 5.10 Å². The number of hydrazone groups is 1. The zero-order valence-corrected chi connectivity index (χ0v) is 11.3. The van der Waals surface area contributed by atoms with Gasteiger partial charge in [0.05, 0.1) is 19.6 Å². The normalized spacial score (nSPS) is 20.8. The van der Waals surface area contributed by atoms with Crippen molar-refractivity contribution in [1.29, 1.82) is 0 Å². The summed E-state index contributed by atoms with van der Waals surface area (Å²) < 4.78 is 9.72. The van der Waals surface area contributed by atoms with Crippen molar-refractivity contribution in [3.63, 3.8) is 0 Å². The average Bonchev–Trinajstić information content (AvgIpc) is 2.92. The number of nitrogens with one attached hydrogen (secondary N) is 1. The highest BCUT2D eigenvalue weighted by molar-refractivity contribution is 6.39. The molecule has 0 spiro atoms. The summed E-state index contributed by atoms with van der Waals surface area (Å²) >= 11 is 0. The SMILES string of the molecule is CCOC(=O)C1=NN[C@H](C(=O)OC)[C@@H]1c1ccccc1. The van der Waals surface area contributed by atoms with Gasteiger partial charge in [0.2, 0.25) is 0 Å². The predicted molar refractivity (Wildman–Crippen MR) is 72.2 cm³/mol. The van der Waals surface area contributed by atoms with E-state index in [2.05, 4.69) is 10.5 Å². The zero-order valence-electron chi connectivity index (χ0n) is 11.3. The fourth-order valence-electron chi connectivity index (χ4n) is 2.15. The largest absolute Gasteiger partial charge is 0.467 e. The van der Waals surface area contributed by atoms with E-state index in [9.17, 15) is 9.59 Å². The molecular weight excluding hydrogens is 260 g/mol. The first-order chi connectivity index (χ1) is 9.69. The molecule has 1 aliphatic heterocycles. The zero-order chi connectivity index (χ0) is 14.5. The number of hydrogen-bond donors (Lipinski definition) is 1. The van der Waals surface area contributed by atoms with Gasteiger partial charge in [0, 0.05) is 0 Å². The molecule has 0 saturated carbocycles. The van der Waals surface area contributed by atoms with Crippen LogP contribution in [0, 0.1) is 0 Å². The number of carbonyl (C=O) groups is 2. The van der Waals surface area contributed by atoms with Crippen molar-refractivity contribution in [1.82, 2.24) is 5.43 Å². The van der Waals surface area contributed by atoms with E-state index in [0.717, 1.165) is 5.56 Å². The molecule has 0 saturated heterocycles. The van der Waals surface area contributed by atoms with Gasteiger partial charge < -0.3 is 9.47 Å². The quantitative estimate of drug-likeness (QED) is 0.824. The van der Waals surface area contributed by atoms with Gasteiger partial charge in [-0.25, -0.2) is 9.59 Å². The van der Waals surface area contributed by atoms with Gasteiger partial charge in [-0.2, -0.15) is 5.10 Å². The van der Waals surface area contributed by atoms with Crippen LogP contribution in [0.5, 0.6) is 0 Å². The number of methoxy groups -OCH3 is 1. The summed E-state index contributed by atoms with van der Waals surface area (Å²) in [6.07, 6.45) is 0. The van der Waals surface area contributed by atoms with E-state index in [1.165, 1.54) is 7.11 Å². The number of rotatable bonds is 4. The number of esters is 2. The lowest BCUT2D eigenvalue weighted by Gasteiger charge is -2.18. The maximum Gasteiger partial charge on any atom is 0.355 e. The molecule has 0 aliphatic carbocycles. The molecule has 1 aromatic carbocycles. The highest BCUT2D eigenvalue weighted by Crippen LogP contribution is 2.27. The van der Waals surface area contributed by atoms with Crippen molar-refractivity contribution in [2.45, 2.75) is 18.9 Å². The molecule has 0 fully saturated rings. The van der Waals surface area contributed by atoms with Crippen LogP contribution in [-0.4, -0.2) is 37.4 Å². The second kappa shape index (κ2) is 6.18. The molecule has 1 heterocycles. The van der Waals surface area contributed by atoms with Gasteiger partial charge in [0.25, 0.3) is 0 Å². The molecule has 6 heteroatoms. The first-order valence-electron chi connectivity index (χ1n) is 6.32. The van der Waals surface area contributed by atoms with Gasteiger partial charge in [0.1, 0.15) is 0 Å². The molecule has 0 unspecified atom stereocenters. The van der Waals surface area contributed by atoms with Crippen molar-refractivity contribution in [3.8, 4) is 0 Å². The van der Waals surface area contributed by atoms with Crippen LogP contribution in [-0.2, 0) is 19.1 Å². The van der Waals surface area contributed by atoms with Gasteiger partial charge in [-0.1, -0.05) is 30.3 Å². The maximum atomic E-state index is 11.9. The molecular formula is C14H16N2O4. The summed E-state index contributed by atoms with van der Waals surface area (Å²) in [7, 11) is 1.30. The highest BCUT2D eigenvalue weighted by atomic mass is 16.5.